The molecule has 4 aromatic rings. The minimum absolute atomic E-state index is 0.00825. The summed E-state index contributed by atoms with van der Waals surface area (Å²) in [5.41, 5.74) is 3.98. The van der Waals surface area contributed by atoms with Gasteiger partial charge in [0.2, 0.25) is 5.91 Å². The number of ether oxygens (including phenoxy) is 2. The number of aromatic nitrogens is 1. The van der Waals surface area contributed by atoms with Crippen LogP contribution in [0.4, 0.5) is 5.13 Å². The van der Waals surface area contributed by atoms with Gasteiger partial charge in [-0.25, -0.2) is 9.78 Å². The van der Waals surface area contributed by atoms with E-state index in [1.807, 2.05) is 55.5 Å². The molecule has 0 saturated heterocycles. The highest BCUT2D eigenvalue weighted by atomic mass is 32.1. The first-order valence-electron chi connectivity index (χ1n) is 13.5. The summed E-state index contributed by atoms with van der Waals surface area (Å²) < 4.78 is 10.6. The van der Waals surface area contributed by atoms with Gasteiger partial charge in [-0.15, -0.1) is 11.3 Å². The van der Waals surface area contributed by atoms with Crippen molar-refractivity contribution in [3.8, 4) is 17.0 Å². The quantitative estimate of drug-likeness (QED) is 0.106. The molecule has 0 unspecified atom stereocenters. The van der Waals surface area contributed by atoms with Crippen molar-refractivity contribution < 1.29 is 23.9 Å². The van der Waals surface area contributed by atoms with Crippen molar-refractivity contribution in [3.63, 3.8) is 0 Å². The predicted octanol–water partition coefficient (Wildman–Crippen LogP) is 6.98. The van der Waals surface area contributed by atoms with Crippen LogP contribution in [0.25, 0.3) is 17.3 Å². The molecule has 0 spiro atoms. The molecule has 7 nitrogen and oxygen atoms in total. The Morgan fingerprint density at radius 1 is 0.902 bits per heavy atom. The second-order valence-corrected chi connectivity index (χ2v) is 10.1. The lowest BCUT2D eigenvalue weighted by atomic mass is 10.0. The van der Waals surface area contributed by atoms with Gasteiger partial charge in [0, 0.05) is 46.9 Å². The number of Topliss-reactive ketones (excluding diaryl/α,β-unsaturated/α-hetero) is 1. The third kappa shape index (κ3) is 8.46. The van der Waals surface area contributed by atoms with E-state index in [9.17, 15) is 14.4 Å². The van der Waals surface area contributed by atoms with Crippen LogP contribution >= 0.6 is 11.3 Å². The maximum absolute atomic E-state index is 13.0. The average Bonchev–Trinajstić information content (AvgIpc) is 3.38. The molecule has 0 aliphatic carbocycles. The second kappa shape index (κ2) is 14.7. The van der Waals surface area contributed by atoms with E-state index in [2.05, 4.69) is 17.4 Å². The van der Waals surface area contributed by atoms with E-state index in [1.165, 1.54) is 17.4 Å². The number of nitrogens with zero attached hydrogens (tertiary/aromatic N) is 1. The number of anilines is 1. The number of benzene rings is 3. The van der Waals surface area contributed by atoms with Crippen LogP contribution in [-0.2, 0) is 20.7 Å². The Kier molecular flexibility index (Phi) is 10.6. The van der Waals surface area contributed by atoms with Gasteiger partial charge in [0.05, 0.1) is 18.9 Å². The fourth-order valence-corrected chi connectivity index (χ4v) is 5.20. The normalized spacial score (nSPS) is 10.9. The lowest BCUT2D eigenvalue weighted by Crippen LogP contribution is -2.13. The Morgan fingerprint density at radius 2 is 1.63 bits per heavy atom. The highest BCUT2D eigenvalue weighted by molar-refractivity contribution is 7.16. The predicted molar refractivity (Wildman–Crippen MR) is 162 cm³/mol. The van der Waals surface area contributed by atoms with Gasteiger partial charge in [0.15, 0.2) is 10.9 Å². The summed E-state index contributed by atoms with van der Waals surface area (Å²) in [4.78, 5) is 43.3. The number of hydrogen-bond donors (Lipinski definition) is 1. The number of hydrogen-bond acceptors (Lipinski definition) is 7. The maximum Gasteiger partial charge on any atom is 0.330 e. The number of nitrogens with one attached hydrogen (secondary N) is 1. The first-order valence-corrected chi connectivity index (χ1v) is 14.3. The third-order valence-corrected chi connectivity index (χ3v) is 7.07. The molecule has 1 heterocycles. The summed E-state index contributed by atoms with van der Waals surface area (Å²) in [5.74, 6) is -0.409. The summed E-state index contributed by atoms with van der Waals surface area (Å²) in [5, 5.41) is 3.38. The fourth-order valence-electron chi connectivity index (χ4n) is 4.17. The van der Waals surface area contributed by atoms with Gasteiger partial charge >= 0.3 is 5.97 Å². The summed E-state index contributed by atoms with van der Waals surface area (Å²) >= 11 is 1.44. The maximum atomic E-state index is 13.0. The molecule has 0 saturated carbocycles. The van der Waals surface area contributed by atoms with E-state index < -0.39 is 5.97 Å². The van der Waals surface area contributed by atoms with Crippen LogP contribution in [0.2, 0.25) is 0 Å². The first-order chi connectivity index (χ1) is 20.0. The monoisotopic (exact) mass is 568 g/mol. The van der Waals surface area contributed by atoms with Gasteiger partial charge in [-0.2, -0.15) is 0 Å². The highest BCUT2D eigenvalue weighted by Gasteiger charge is 2.17. The average molecular weight is 569 g/mol. The van der Waals surface area contributed by atoms with Gasteiger partial charge in [-0.05, 0) is 43.7 Å². The smallest absolute Gasteiger partial charge is 0.330 e. The summed E-state index contributed by atoms with van der Waals surface area (Å²) in [6.07, 6.45) is 3.59. The van der Waals surface area contributed by atoms with Crippen LogP contribution in [-0.4, -0.2) is 35.9 Å². The lowest BCUT2D eigenvalue weighted by molar-refractivity contribution is -0.137. The molecule has 0 radical (unpaired) electrons. The van der Waals surface area contributed by atoms with Crippen LogP contribution in [0.15, 0.2) is 84.9 Å². The van der Waals surface area contributed by atoms with Gasteiger partial charge in [-0.1, -0.05) is 60.7 Å². The molecule has 3 aromatic carbocycles. The molecule has 1 N–H and O–H groups in total. The lowest BCUT2D eigenvalue weighted by Gasteiger charge is -2.09. The van der Waals surface area contributed by atoms with E-state index >= 15 is 0 Å². The molecule has 210 valence electrons. The van der Waals surface area contributed by atoms with Crippen molar-refractivity contribution in [1.82, 2.24) is 4.98 Å². The van der Waals surface area contributed by atoms with Crippen molar-refractivity contribution in [2.24, 2.45) is 0 Å². The molecule has 0 aliphatic heterocycles. The topological polar surface area (TPSA) is 94.6 Å². The van der Waals surface area contributed by atoms with Gasteiger partial charge < -0.3 is 14.8 Å². The minimum atomic E-state index is -0.479. The van der Waals surface area contributed by atoms with E-state index in [1.54, 1.807) is 31.2 Å². The molecule has 4 rings (SSSR count). The number of esters is 1. The largest absolute Gasteiger partial charge is 0.493 e. The Bertz CT molecular complexity index is 1510. The van der Waals surface area contributed by atoms with Crippen molar-refractivity contribution in [1.29, 1.82) is 0 Å². The Hall–Kier alpha value is -4.56. The SMILES string of the molecule is CCOC(=O)C=Cc1cc(C(=O)CCC(=O)Nc2nc(-c3ccccc3)c(Cc3ccccc3)s2)ccc1OCC. The number of ketones is 1. The first kappa shape index (κ1) is 29.4. The number of amides is 1. The van der Waals surface area contributed by atoms with E-state index in [-0.39, 0.29) is 31.1 Å². The fraction of sp³-hybridized carbons (Fsp3) is 0.212. The van der Waals surface area contributed by atoms with Crippen LogP contribution in [0, 0.1) is 0 Å². The van der Waals surface area contributed by atoms with Crippen LogP contribution in [0.1, 0.15) is 53.1 Å². The second-order valence-electron chi connectivity index (χ2n) is 9.06. The van der Waals surface area contributed by atoms with Crippen LogP contribution < -0.4 is 10.1 Å². The number of carbonyl (C=O) groups is 3. The third-order valence-electron chi connectivity index (χ3n) is 6.09. The van der Waals surface area contributed by atoms with Gasteiger partial charge in [0.1, 0.15) is 5.75 Å². The summed E-state index contributed by atoms with van der Waals surface area (Å²) in [6.45, 7) is 4.29. The zero-order valence-corrected chi connectivity index (χ0v) is 23.9. The molecule has 0 aliphatic rings. The van der Waals surface area contributed by atoms with E-state index in [0.29, 0.717) is 35.0 Å². The molecule has 1 amide bonds. The molecule has 0 bridgehead atoms. The number of thiazole rings is 1. The molecular weight excluding hydrogens is 536 g/mol. The number of rotatable bonds is 13. The van der Waals surface area contributed by atoms with Crippen LogP contribution in [0.5, 0.6) is 5.75 Å². The summed E-state index contributed by atoms with van der Waals surface area (Å²) in [7, 11) is 0. The Morgan fingerprint density at radius 3 is 2.34 bits per heavy atom. The minimum Gasteiger partial charge on any atom is -0.493 e. The molecular formula is C33H32N2O5S. The molecule has 8 heteroatoms. The Balaban J connectivity index is 1.43. The standard InChI is InChI=1S/C33H32N2O5S/c1-3-39-28-18-15-25(22-26(28)16-20-31(38)40-4-2)27(36)17-19-30(37)34-33-35-32(24-13-9-6-10-14-24)29(41-33)21-23-11-7-5-8-12-23/h5-16,18,20,22H,3-4,17,19,21H2,1-2H3,(H,34,35,37). The van der Waals surface area contributed by atoms with Crippen molar-refractivity contribution in [3.05, 3.63) is 107 Å². The number of carbonyl (C=O) groups excluding carboxylic acids is 3. The highest BCUT2D eigenvalue weighted by Crippen LogP contribution is 2.33. The Labute approximate surface area is 243 Å². The molecule has 1 aromatic heterocycles. The van der Waals surface area contributed by atoms with Gasteiger partial charge in [0.25, 0.3) is 0 Å². The van der Waals surface area contributed by atoms with Gasteiger partial charge in [-0.3, -0.25) is 9.59 Å². The molecule has 41 heavy (non-hydrogen) atoms. The van der Waals surface area contributed by atoms with Crippen LogP contribution in [0.3, 0.4) is 0 Å². The zero-order valence-electron chi connectivity index (χ0n) is 23.1. The van der Waals surface area contributed by atoms with Crippen molar-refractivity contribution >= 4 is 40.2 Å². The van der Waals surface area contributed by atoms with Crippen molar-refractivity contribution in [2.75, 3.05) is 18.5 Å². The van der Waals surface area contributed by atoms with Crippen molar-refractivity contribution in [2.45, 2.75) is 33.1 Å². The molecule has 0 fully saturated rings. The van der Waals surface area contributed by atoms with E-state index in [0.717, 1.165) is 21.7 Å². The zero-order chi connectivity index (χ0) is 29.0. The molecule has 0 atom stereocenters. The van der Waals surface area contributed by atoms with E-state index in [4.69, 9.17) is 14.5 Å². The summed E-state index contributed by atoms with van der Waals surface area (Å²) in [6, 6.07) is 25.0.